The quantitative estimate of drug-likeness (QED) is 0.576. The highest BCUT2D eigenvalue weighted by molar-refractivity contribution is 5.94. The summed E-state index contributed by atoms with van der Waals surface area (Å²) in [6.07, 6.45) is 12.4. The van der Waals surface area contributed by atoms with Crippen LogP contribution in [0.25, 0.3) is 0 Å². The summed E-state index contributed by atoms with van der Waals surface area (Å²) in [5, 5.41) is 3.28. The molecule has 184 valence electrons. The van der Waals surface area contributed by atoms with Crippen LogP contribution in [0.3, 0.4) is 0 Å². The van der Waals surface area contributed by atoms with Gasteiger partial charge in [-0.3, -0.25) is 9.59 Å². The predicted octanol–water partition coefficient (Wildman–Crippen LogP) is 5.88. The van der Waals surface area contributed by atoms with Crippen LogP contribution in [0.1, 0.15) is 93.4 Å². The van der Waals surface area contributed by atoms with Crippen molar-refractivity contribution in [2.75, 3.05) is 13.1 Å². The SMILES string of the molecule is CCN(CC)C(=O)C1=CC2=CCC3C(CC[C@@]4(C)C3CC[C@@H]4C(=O)NC(C)(C)C)[C@@]2(C)CC1. The lowest BCUT2D eigenvalue weighted by Crippen LogP contribution is -2.52. The van der Waals surface area contributed by atoms with Crippen LogP contribution in [0.15, 0.2) is 23.3 Å². The molecule has 2 saturated carbocycles. The van der Waals surface area contributed by atoms with Crippen molar-refractivity contribution in [3.05, 3.63) is 23.3 Å². The van der Waals surface area contributed by atoms with Crippen LogP contribution in [0.2, 0.25) is 0 Å². The lowest BCUT2D eigenvalue weighted by Gasteiger charge is -2.57. The summed E-state index contributed by atoms with van der Waals surface area (Å²) in [6, 6.07) is 0. The molecule has 0 aromatic rings. The zero-order valence-electron chi connectivity index (χ0n) is 22.1. The van der Waals surface area contributed by atoms with E-state index < -0.39 is 0 Å². The van der Waals surface area contributed by atoms with E-state index in [1.165, 1.54) is 18.4 Å². The molecule has 4 nitrogen and oxygen atoms in total. The molecule has 0 aromatic carbocycles. The molecule has 6 atom stereocenters. The van der Waals surface area contributed by atoms with Crippen LogP contribution in [-0.2, 0) is 9.59 Å². The Kier molecular flexibility index (Phi) is 6.38. The molecule has 2 fully saturated rings. The zero-order chi connectivity index (χ0) is 24.2. The number of amides is 2. The number of nitrogens with one attached hydrogen (secondary N) is 1. The molecule has 2 amide bonds. The van der Waals surface area contributed by atoms with E-state index in [-0.39, 0.29) is 34.1 Å². The molecule has 0 bridgehead atoms. The highest BCUT2D eigenvalue weighted by atomic mass is 16.2. The summed E-state index contributed by atoms with van der Waals surface area (Å²) in [6.45, 7) is 16.8. The van der Waals surface area contributed by atoms with Gasteiger partial charge in [0.1, 0.15) is 0 Å². The summed E-state index contributed by atoms with van der Waals surface area (Å²) < 4.78 is 0. The van der Waals surface area contributed by atoms with Gasteiger partial charge in [-0.1, -0.05) is 26.0 Å². The topological polar surface area (TPSA) is 49.4 Å². The van der Waals surface area contributed by atoms with E-state index in [0.29, 0.717) is 17.8 Å². The Morgan fingerprint density at radius 1 is 1.06 bits per heavy atom. The number of carbonyl (C=O) groups excluding carboxylic acids is 2. The van der Waals surface area contributed by atoms with Gasteiger partial charge in [0.2, 0.25) is 11.8 Å². The number of fused-ring (bicyclic) bond motifs is 5. The molecule has 0 radical (unpaired) electrons. The number of allylic oxidation sites excluding steroid dienone is 3. The van der Waals surface area contributed by atoms with Gasteiger partial charge in [0.15, 0.2) is 0 Å². The Balaban J connectivity index is 1.57. The lowest BCUT2D eigenvalue weighted by molar-refractivity contribution is -0.133. The van der Waals surface area contributed by atoms with E-state index in [0.717, 1.165) is 50.8 Å². The van der Waals surface area contributed by atoms with Gasteiger partial charge >= 0.3 is 0 Å². The van der Waals surface area contributed by atoms with Gasteiger partial charge in [-0.25, -0.2) is 0 Å². The summed E-state index contributed by atoms with van der Waals surface area (Å²) in [5.74, 6) is 2.60. The van der Waals surface area contributed by atoms with Crippen LogP contribution in [0, 0.1) is 34.5 Å². The van der Waals surface area contributed by atoms with Crippen LogP contribution in [-0.4, -0.2) is 35.3 Å². The Morgan fingerprint density at radius 3 is 2.39 bits per heavy atom. The molecule has 4 aliphatic carbocycles. The second-order valence-corrected chi connectivity index (χ2v) is 12.8. The molecule has 0 aromatic heterocycles. The van der Waals surface area contributed by atoms with Crippen molar-refractivity contribution in [1.29, 1.82) is 0 Å². The highest BCUT2D eigenvalue weighted by Crippen LogP contribution is 2.66. The van der Waals surface area contributed by atoms with E-state index in [1.807, 2.05) is 4.90 Å². The average molecular weight is 455 g/mol. The molecule has 3 unspecified atom stereocenters. The third kappa shape index (κ3) is 4.10. The van der Waals surface area contributed by atoms with E-state index in [2.05, 4.69) is 65.9 Å². The summed E-state index contributed by atoms with van der Waals surface area (Å²) in [4.78, 5) is 28.2. The van der Waals surface area contributed by atoms with Crippen molar-refractivity contribution in [2.45, 2.75) is 99.0 Å². The largest absolute Gasteiger partial charge is 0.351 e. The molecular formula is C29H46N2O2. The van der Waals surface area contributed by atoms with Crippen LogP contribution >= 0.6 is 0 Å². The second-order valence-electron chi connectivity index (χ2n) is 12.8. The number of carbonyl (C=O) groups is 2. The fraction of sp³-hybridized carbons (Fsp3) is 0.793. The molecule has 1 N–H and O–H groups in total. The summed E-state index contributed by atoms with van der Waals surface area (Å²) >= 11 is 0. The van der Waals surface area contributed by atoms with Gasteiger partial charge in [-0.2, -0.15) is 0 Å². The van der Waals surface area contributed by atoms with Gasteiger partial charge in [-0.05, 0) is 114 Å². The van der Waals surface area contributed by atoms with Gasteiger partial charge in [0, 0.05) is 30.1 Å². The standard InChI is InChI=1S/C29H46N2O2/c1-8-31(9-2)26(33)19-14-16-28(6)20(18-19)10-11-21-22-12-13-24(25(32)30-27(3,4)5)29(22,7)17-15-23(21)28/h10,18,21-24H,8-9,11-17H2,1-7H3,(H,30,32)/t21?,22?,23?,24-,28+,29+/m1/s1. The van der Waals surface area contributed by atoms with Gasteiger partial charge in [0.25, 0.3) is 0 Å². The molecular weight excluding hydrogens is 408 g/mol. The Morgan fingerprint density at radius 2 is 1.76 bits per heavy atom. The van der Waals surface area contributed by atoms with Crippen LogP contribution in [0.5, 0.6) is 0 Å². The van der Waals surface area contributed by atoms with Gasteiger partial charge < -0.3 is 10.2 Å². The molecule has 33 heavy (non-hydrogen) atoms. The predicted molar refractivity (Wildman–Crippen MR) is 134 cm³/mol. The number of likely N-dealkylation sites (N-methyl/N-ethyl adjacent to an activating group) is 1. The first-order valence-electron chi connectivity index (χ1n) is 13.5. The summed E-state index contributed by atoms with van der Waals surface area (Å²) in [7, 11) is 0. The molecule has 4 aliphatic rings. The number of hydrogen-bond acceptors (Lipinski definition) is 2. The fourth-order valence-electron chi connectivity index (χ4n) is 8.10. The van der Waals surface area contributed by atoms with Crippen molar-refractivity contribution >= 4 is 11.8 Å². The van der Waals surface area contributed by atoms with Crippen molar-refractivity contribution in [3.63, 3.8) is 0 Å². The Bertz CT molecular complexity index is 861. The smallest absolute Gasteiger partial charge is 0.249 e. The van der Waals surface area contributed by atoms with Gasteiger partial charge in [0.05, 0.1) is 0 Å². The normalized spacial score (nSPS) is 37.8. The second kappa shape index (κ2) is 8.57. The molecule has 0 saturated heterocycles. The first kappa shape index (κ1) is 24.5. The van der Waals surface area contributed by atoms with E-state index in [1.54, 1.807) is 0 Å². The maximum atomic E-state index is 13.2. The van der Waals surface area contributed by atoms with Crippen molar-refractivity contribution in [1.82, 2.24) is 10.2 Å². The monoisotopic (exact) mass is 454 g/mol. The average Bonchev–Trinajstić information content (AvgIpc) is 3.10. The maximum absolute atomic E-state index is 13.2. The number of hydrogen-bond donors (Lipinski definition) is 1. The van der Waals surface area contributed by atoms with Crippen molar-refractivity contribution in [3.8, 4) is 0 Å². The minimum atomic E-state index is -0.173. The van der Waals surface area contributed by atoms with E-state index in [9.17, 15) is 9.59 Å². The van der Waals surface area contributed by atoms with Crippen LogP contribution in [0.4, 0.5) is 0 Å². The fourth-order valence-corrected chi connectivity index (χ4v) is 8.10. The zero-order valence-corrected chi connectivity index (χ0v) is 22.1. The number of nitrogens with zero attached hydrogens (tertiary/aromatic N) is 1. The van der Waals surface area contributed by atoms with E-state index >= 15 is 0 Å². The van der Waals surface area contributed by atoms with Crippen molar-refractivity contribution in [2.24, 2.45) is 34.5 Å². The molecule has 4 rings (SSSR count). The van der Waals surface area contributed by atoms with Gasteiger partial charge in [-0.15, -0.1) is 0 Å². The molecule has 0 heterocycles. The Hall–Kier alpha value is -1.58. The van der Waals surface area contributed by atoms with Crippen molar-refractivity contribution < 1.29 is 9.59 Å². The minimum absolute atomic E-state index is 0.118. The number of rotatable bonds is 4. The maximum Gasteiger partial charge on any atom is 0.249 e. The van der Waals surface area contributed by atoms with Crippen LogP contribution < -0.4 is 5.32 Å². The third-order valence-electron chi connectivity index (χ3n) is 9.91. The molecule has 0 spiro atoms. The minimum Gasteiger partial charge on any atom is -0.351 e. The van der Waals surface area contributed by atoms with E-state index in [4.69, 9.17) is 0 Å². The first-order chi connectivity index (χ1) is 15.4. The first-order valence-corrected chi connectivity index (χ1v) is 13.5. The summed E-state index contributed by atoms with van der Waals surface area (Å²) in [5.41, 5.74) is 2.53. The molecule has 0 aliphatic heterocycles. The lowest BCUT2D eigenvalue weighted by atomic mass is 9.48. The Labute approximate surface area is 201 Å². The third-order valence-corrected chi connectivity index (χ3v) is 9.91. The molecule has 4 heteroatoms. The highest BCUT2D eigenvalue weighted by Gasteiger charge is 2.59.